The molecule has 0 saturated carbocycles. The number of rotatable bonds is 2. The molecule has 0 heterocycles. The van der Waals surface area contributed by atoms with E-state index in [0.717, 1.165) is 6.32 Å². The third-order valence-electron chi connectivity index (χ3n) is 0.493. The third kappa shape index (κ3) is 9.05. The van der Waals surface area contributed by atoms with Crippen LogP contribution >= 0.6 is 0 Å². The second kappa shape index (κ2) is 8.87. The molecule has 0 aromatic carbocycles. The van der Waals surface area contributed by atoms with Gasteiger partial charge in [-0.05, 0) is 0 Å². The van der Waals surface area contributed by atoms with Crippen molar-refractivity contribution < 1.29 is 0 Å². The van der Waals surface area contributed by atoms with Crippen molar-refractivity contribution >= 4 is 13.4 Å². The molecule has 0 saturated heterocycles. The molecule has 0 amide bonds. The summed E-state index contributed by atoms with van der Waals surface area (Å²) in [6.45, 7) is 7.62. The van der Waals surface area contributed by atoms with Gasteiger partial charge in [0.2, 0.25) is 0 Å². The van der Waals surface area contributed by atoms with Crippen LogP contribution in [0.25, 0.3) is 0 Å². The molecule has 0 aliphatic heterocycles. The molecule has 36 valence electrons. The van der Waals surface area contributed by atoms with Gasteiger partial charge in [0, 0.05) is 0 Å². The summed E-state index contributed by atoms with van der Waals surface area (Å²) in [7, 11) is 0. The normalized spacial score (nSPS) is 5.50. The molecule has 0 atom stereocenters. The van der Waals surface area contributed by atoms with Gasteiger partial charge in [0.25, 0.3) is 0 Å². The Morgan fingerprint density at radius 3 is 2.17 bits per heavy atom. The van der Waals surface area contributed by atoms with Gasteiger partial charge in [-0.3, -0.25) is 0 Å². The van der Waals surface area contributed by atoms with Crippen molar-refractivity contribution in [2.24, 2.45) is 0 Å². The minimum absolute atomic E-state index is 0. The molecular formula is C5H13B. The van der Waals surface area contributed by atoms with Gasteiger partial charge in [-0.2, -0.15) is 0 Å². The molecule has 0 aromatic heterocycles. The van der Waals surface area contributed by atoms with E-state index in [2.05, 4.69) is 13.4 Å². The minimum atomic E-state index is 0. The Kier molecular flexibility index (Phi) is 13.8. The van der Waals surface area contributed by atoms with Crippen molar-refractivity contribution in [1.29, 1.82) is 0 Å². The third-order valence-corrected chi connectivity index (χ3v) is 0.493. The predicted octanol–water partition coefficient (Wildman–Crippen LogP) is 1.59. The van der Waals surface area contributed by atoms with Crippen LogP contribution in [-0.2, 0) is 0 Å². The van der Waals surface area contributed by atoms with Crippen molar-refractivity contribution in [2.45, 2.75) is 27.1 Å². The van der Waals surface area contributed by atoms with Crippen LogP contribution in [0.1, 0.15) is 20.8 Å². The summed E-state index contributed by atoms with van der Waals surface area (Å²) < 4.78 is 0. The standard InChI is InChI=1S/C4H9B.CH4/c1-3-4-5-2;/h2-4H2,1H3;1H4. The summed E-state index contributed by atoms with van der Waals surface area (Å²) in [6.07, 6.45) is 2.38. The molecule has 6 heavy (non-hydrogen) atoms. The van der Waals surface area contributed by atoms with E-state index in [1.54, 1.807) is 0 Å². The van der Waals surface area contributed by atoms with Crippen LogP contribution in [-0.4, -0.2) is 13.4 Å². The van der Waals surface area contributed by atoms with Gasteiger partial charge in [0.05, 0.1) is 0 Å². The van der Waals surface area contributed by atoms with Gasteiger partial charge in [-0.15, -0.1) is 0 Å². The van der Waals surface area contributed by atoms with Gasteiger partial charge in [0.1, 0.15) is 0 Å². The van der Waals surface area contributed by atoms with E-state index >= 15 is 0 Å². The Labute approximate surface area is 41.5 Å². The first-order valence-corrected chi connectivity index (χ1v) is 2.02. The molecule has 0 spiro atoms. The van der Waals surface area contributed by atoms with Gasteiger partial charge in [-0.25, -0.2) is 0 Å². The molecule has 0 rings (SSSR count). The molecule has 0 bridgehead atoms. The molecule has 0 unspecified atom stereocenters. The summed E-state index contributed by atoms with van der Waals surface area (Å²) in [4.78, 5) is 0. The molecule has 0 aliphatic rings. The van der Waals surface area contributed by atoms with Crippen molar-refractivity contribution in [2.75, 3.05) is 0 Å². The van der Waals surface area contributed by atoms with Crippen LogP contribution in [0.5, 0.6) is 0 Å². The summed E-state index contributed by atoms with van der Waals surface area (Å²) in [6, 6.07) is 0. The fourth-order valence-electron chi connectivity index (χ4n) is 0.204. The molecule has 0 fully saturated rings. The summed E-state index contributed by atoms with van der Waals surface area (Å²) in [5.41, 5.74) is 0. The fraction of sp³-hybridized carbons (Fsp3) is 0.800. The maximum absolute atomic E-state index is 3.55. The first kappa shape index (κ1) is 9.33. The predicted molar refractivity (Wildman–Crippen MR) is 34.7 cm³/mol. The van der Waals surface area contributed by atoms with E-state index < -0.39 is 0 Å². The summed E-state index contributed by atoms with van der Waals surface area (Å²) in [5.74, 6) is 0. The first-order valence-electron chi connectivity index (χ1n) is 2.02. The maximum atomic E-state index is 3.55. The molecule has 0 aliphatic carbocycles. The second-order valence-corrected chi connectivity index (χ2v) is 1.08. The molecule has 0 aromatic rings. The molecule has 0 N–H and O–H groups in total. The van der Waals surface area contributed by atoms with Crippen molar-refractivity contribution in [3.63, 3.8) is 0 Å². The van der Waals surface area contributed by atoms with Crippen LogP contribution in [0.2, 0.25) is 6.32 Å². The van der Waals surface area contributed by atoms with Gasteiger partial charge in [-0.1, -0.05) is 7.43 Å². The fourth-order valence-corrected chi connectivity index (χ4v) is 0.204. The molecule has 1 heteroatoms. The summed E-state index contributed by atoms with van der Waals surface area (Å²) >= 11 is 0. The van der Waals surface area contributed by atoms with Gasteiger partial charge < -0.3 is 0 Å². The zero-order valence-corrected chi connectivity index (χ0v) is 3.70. The Balaban J connectivity index is 0. The van der Waals surface area contributed by atoms with E-state index in [1.165, 1.54) is 6.42 Å². The van der Waals surface area contributed by atoms with E-state index in [-0.39, 0.29) is 7.43 Å². The Morgan fingerprint density at radius 2 is 2.17 bits per heavy atom. The van der Waals surface area contributed by atoms with E-state index in [1.807, 2.05) is 6.92 Å². The average Bonchev–Trinajstić information content (AvgIpc) is 1.41. The van der Waals surface area contributed by atoms with Crippen molar-refractivity contribution in [3.05, 3.63) is 0 Å². The van der Waals surface area contributed by atoms with Crippen LogP contribution in [0.4, 0.5) is 0 Å². The van der Waals surface area contributed by atoms with Crippen LogP contribution in [0.15, 0.2) is 0 Å². The average molecular weight is 84.0 g/mol. The number of hydrogen-bond donors (Lipinski definition) is 0. The Hall–Kier alpha value is -0.0651. The van der Waals surface area contributed by atoms with Crippen LogP contribution in [0.3, 0.4) is 0 Å². The SMILES string of the molecule is C.C=BCCC. The monoisotopic (exact) mass is 84.1 g/mol. The zero-order valence-electron chi connectivity index (χ0n) is 3.70. The Bertz CT molecular complexity index is 25.1. The second-order valence-electron chi connectivity index (χ2n) is 1.08. The van der Waals surface area contributed by atoms with Crippen molar-refractivity contribution in [1.82, 2.24) is 0 Å². The van der Waals surface area contributed by atoms with Crippen molar-refractivity contribution in [3.8, 4) is 0 Å². The van der Waals surface area contributed by atoms with Crippen LogP contribution in [0, 0.1) is 0 Å². The van der Waals surface area contributed by atoms with E-state index in [4.69, 9.17) is 0 Å². The molecule has 0 radical (unpaired) electrons. The zero-order chi connectivity index (χ0) is 4.12. The molecule has 0 nitrogen and oxygen atoms in total. The van der Waals surface area contributed by atoms with Gasteiger partial charge in [0.15, 0.2) is 0 Å². The van der Waals surface area contributed by atoms with E-state index in [9.17, 15) is 0 Å². The Morgan fingerprint density at radius 1 is 1.67 bits per heavy atom. The topological polar surface area (TPSA) is 0 Å². The quantitative estimate of drug-likeness (QED) is 0.445. The van der Waals surface area contributed by atoms with E-state index in [0.29, 0.717) is 0 Å². The van der Waals surface area contributed by atoms with Crippen LogP contribution < -0.4 is 0 Å². The molecular weight excluding hydrogens is 70.9 g/mol. The number of hydrogen-bond acceptors (Lipinski definition) is 0. The summed E-state index contributed by atoms with van der Waals surface area (Å²) in [5, 5.41) is 0. The first-order chi connectivity index (χ1) is 2.41. The van der Waals surface area contributed by atoms with Gasteiger partial charge >= 0.3 is 33.1 Å².